The third-order valence-corrected chi connectivity index (χ3v) is 5.03. The van der Waals surface area contributed by atoms with E-state index in [9.17, 15) is 9.59 Å². The zero-order valence-electron chi connectivity index (χ0n) is 15.5. The van der Waals surface area contributed by atoms with Crippen molar-refractivity contribution in [2.24, 2.45) is 0 Å². The summed E-state index contributed by atoms with van der Waals surface area (Å²) >= 11 is 0. The van der Waals surface area contributed by atoms with Gasteiger partial charge < -0.3 is 14.1 Å². The van der Waals surface area contributed by atoms with Crippen LogP contribution in [0.1, 0.15) is 19.8 Å². The van der Waals surface area contributed by atoms with Crippen LogP contribution >= 0.6 is 0 Å². The summed E-state index contributed by atoms with van der Waals surface area (Å²) in [6, 6.07) is 7.53. The number of benzene rings is 1. The lowest BCUT2D eigenvalue weighted by Crippen LogP contribution is -2.56. The summed E-state index contributed by atoms with van der Waals surface area (Å²) in [5.41, 5.74) is 1.17. The maximum atomic E-state index is 12.8. The quantitative estimate of drug-likeness (QED) is 0.749. The fourth-order valence-electron chi connectivity index (χ4n) is 3.63. The highest BCUT2D eigenvalue weighted by Crippen LogP contribution is 2.16. The van der Waals surface area contributed by atoms with Crippen LogP contribution in [0.25, 0.3) is 11.1 Å². The molecule has 7 nitrogen and oxygen atoms in total. The molecule has 0 saturated carbocycles. The summed E-state index contributed by atoms with van der Waals surface area (Å²) in [6.45, 7) is 5.97. The van der Waals surface area contributed by atoms with Crippen LogP contribution < -0.4 is 5.76 Å². The van der Waals surface area contributed by atoms with Crippen molar-refractivity contribution in [2.75, 3.05) is 39.9 Å². The summed E-state index contributed by atoms with van der Waals surface area (Å²) in [5, 5.41) is 0. The maximum absolute atomic E-state index is 12.8. The monoisotopic (exact) mass is 361 g/mol. The third-order valence-electron chi connectivity index (χ3n) is 5.03. The van der Waals surface area contributed by atoms with Gasteiger partial charge in [0.2, 0.25) is 5.91 Å². The highest BCUT2D eigenvalue weighted by Gasteiger charge is 2.29. The molecule has 1 atom stereocenters. The van der Waals surface area contributed by atoms with Gasteiger partial charge in [-0.2, -0.15) is 0 Å². The summed E-state index contributed by atoms with van der Waals surface area (Å²) in [7, 11) is 1.71. The summed E-state index contributed by atoms with van der Waals surface area (Å²) in [5.74, 6) is -0.519. The molecule has 1 aliphatic rings. The molecule has 0 aliphatic carbocycles. The van der Waals surface area contributed by atoms with Crippen molar-refractivity contribution in [3.63, 3.8) is 0 Å². The van der Waals surface area contributed by atoms with Crippen molar-refractivity contribution in [1.82, 2.24) is 14.4 Å². The van der Waals surface area contributed by atoms with E-state index in [1.165, 1.54) is 4.57 Å². The molecule has 0 unspecified atom stereocenters. The van der Waals surface area contributed by atoms with E-state index in [0.29, 0.717) is 36.8 Å². The molecule has 1 fully saturated rings. The lowest BCUT2D eigenvalue weighted by Gasteiger charge is -2.41. The van der Waals surface area contributed by atoms with Crippen LogP contribution in [0, 0.1) is 0 Å². The Kier molecular flexibility index (Phi) is 6.11. The molecule has 0 spiro atoms. The zero-order valence-corrected chi connectivity index (χ0v) is 15.5. The first-order valence-electron chi connectivity index (χ1n) is 9.23. The average Bonchev–Trinajstić information content (AvgIpc) is 2.96. The number of rotatable bonds is 7. The van der Waals surface area contributed by atoms with E-state index in [1.54, 1.807) is 19.2 Å². The normalized spacial score (nSPS) is 18.5. The summed E-state index contributed by atoms with van der Waals surface area (Å²) in [4.78, 5) is 29.2. The molecule has 2 heterocycles. The molecule has 26 heavy (non-hydrogen) atoms. The Bertz CT molecular complexity index is 797. The topological polar surface area (TPSA) is 67.9 Å². The lowest BCUT2D eigenvalue weighted by molar-refractivity contribution is -0.135. The highest BCUT2D eigenvalue weighted by atomic mass is 16.5. The summed E-state index contributed by atoms with van der Waals surface area (Å²) in [6.07, 6.45) is 2.12. The molecule has 2 aromatic rings. The number of fused-ring (bicyclic) bond motifs is 1. The van der Waals surface area contributed by atoms with Crippen molar-refractivity contribution in [3.8, 4) is 0 Å². The van der Waals surface area contributed by atoms with Gasteiger partial charge >= 0.3 is 5.76 Å². The van der Waals surface area contributed by atoms with Gasteiger partial charge in [-0.1, -0.05) is 25.5 Å². The first-order chi connectivity index (χ1) is 12.6. The van der Waals surface area contributed by atoms with Crippen molar-refractivity contribution < 1.29 is 13.9 Å². The number of ether oxygens (including phenoxy) is 1. The SMILES string of the molecule is CCC[C@@H]1CN(C(=O)Cn2c(=O)oc3ccccc32)CCN1CCOC. The molecule has 1 amide bonds. The van der Waals surface area contributed by atoms with Gasteiger partial charge in [0.15, 0.2) is 5.58 Å². The van der Waals surface area contributed by atoms with Gasteiger partial charge in [0.05, 0.1) is 12.1 Å². The van der Waals surface area contributed by atoms with Gasteiger partial charge in [-0.05, 0) is 18.6 Å². The van der Waals surface area contributed by atoms with Gasteiger partial charge in [-0.25, -0.2) is 4.79 Å². The maximum Gasteiger partial charge on any atom is 0.420 e. The van der Waals surface area contributed by atoms with Crippen LogP contribution in [0.2, 0.25) is 0 Å². The Labute approximate surface area is 153 Å². The number of amides is 1. The fourth-order valence-corrected chi connectivity index (χ4v) is 3.63. The van der Waals surface area contributed by atoms with Gasteiger partial charge in [0.25, 0.3) is 0 Å². The average molecular weight is 361 g/mol. The molecule has 142 valence electrons. The highest BCUT2D eigenvalue weighted by molar-refractivity contribution is 5.79. The second-order valence-corrected chi connectivity index (χ2v) is 6.73. The van der Waals surface area contributed by atoms with Crippen LogP contribution in [0.3, 0.4) is 0 Å². The Hall–Kier alpha value is -2.12. The number of piperazine rings is 1. The predicted molar refractivity (Wildman–Crippen MR) is 99.2 cm³/mol. The molecule has 1 aromatic carbocycles. The van der Waals surface area contributed by atoms with Crippen LogP contribution in [0.4, 0.5) is 0 Å². The molecular formula is C19H27N3O4. The first-order valence-corrected chi connectivity index (χ1v) is 9.23. The van der Waals surface area contributed by atoms with E-state index in [1.807, 2.05) is 17.0 Å². The smallest absolute Gasteiger partial charge is 0.408 e. The number of carbonyl (C=O) groups excluding carboxylic acids is 1. The van der Waals surface area contributed by atoms with E-state index in [4.69, 9.17) is 9.15 Å². The molecule has 1 aromatic heterocycles. The molecule has 0 radical (unpaired) electrons. The minimum absolute atomic E-state index is 0.0206. The van der Waals surface area contributed by atoms with Crippen LogP contribution in [0.5, 0.6) is 0 Å². The van der Waals surface area contributed by atoms with Crippen molar-refractivity contribution in [2.45, 2.75) is 32.4 Å². The van der Waals surface area contributed by atoms with Crippen LogP contribution in [-0.4, -0.2) is 66.2 Å². The number of hydrogen-bond acceptors (Lipinski definition) is 5. The summed E-state index contributed by atoms with van der Waals surface area (Å²) < 4.78 is 11.8. The van der Waals surface area contributed by atoms with E-state index >= 15 is 0 Å². The Balaban J connectivity index is 1.69. The minimum Gasteiger partial charge on any atom is -0.408 e. The van der Waals surface area contributed by atoms with E-state index in [0.717, 1.165) is 25.9 Å². The molecule has 0 bridgehead atoms. The standard InChI is InChI=1S/C19H27N3O4/c1-3-6-15-13-21(10-9-20(15)11-12-25-2)18(23)14-22-16-7-4-5-8-17(16)26-19(22)24/h4-5,7-8,15H,3,6,9-14H2,1-2H3/t15-/m1/s1. The van der Waals surface area contributed by atoms with Gasteiger partial charge in [-0.15, -0.1) is 0 Å². The number of aromatic nitrogens is 1. The molecule has 0 N–H and O–H groups in total. The van der Waals surface area contributed by atoms with Crippen molar-refractivity contribution >= 4 is 17.0 Å². The largest absolute Gasteiger partial charge is 0.420 e. The number of nitrogens with zero attached hydrogens (tertiary/aromatic N) is 3. The van der Waals surface area contributed by atoms with Crippen LogP contribution in [-0.2, 0) is 16.1 Å². The molecule has 1 saturated heterocycles. The van der Waals surface area contributed by atoms with E-state index in [-0.39, 0.29) is 12.5 Å². The van der Waals surface area contributed by atoms with Gasteiger partial charge in [-0.3, -0.25) is 14.3 Å². The number of methoxy groups -OCH3 is 1. The number of para-hydroxylation sites is 2. The Morgan fingerprint density at radius 2 is 2.12 bits per heavy atom. The first kappa shape index (κ1) is 18.7. The van der Waals surface area contributed by atoms with Crippen LogP contribution in [0.15, 0.2) is 33.5 Å². The Morgan fingerprint density at radius 3 is 2.88 bits per heavy atom. The fraction of sp³-hybridized carbons (Fsp3) is 0.579. The molecular weight excluding hydrogens is 334 g/mol. The van der Waals surface area contributed by atoms with Crippen molar-refractivity contribution in [3.05, 3.63) is 34.8 Å². The predicted octanol–water partition coefficient (Wildman–Crippen LogP) is 1.55. The van der Waals surface area contributed by atoms with Gasteiger partial charge in [0.1, 0.15) is 6.54 Å². The van der Waals surface area contributed by atoms with Crippen molar-refractivity contribution in [1.29, 1.82) is 0 Å². The third kappa shape index (κ3) is 3.99. The lowest BCUT2D eigenvalue weighted by atomic mass is 10.1. The van der Waals surface area contributed by atoms with E-state index in [2.05, 4.69) is 11.8 Å². The second-order valence-electron chi connectivity index (χ2n) is 6.73. The number of hydrogen-bond donors (Lipinski definition) is 0. The second kappa shape index (κ2) is 8.51. The molecule has 7 heteroatoms. The van der Waals surface area contributed by atoms with E-state index < -0.39 is 5.76 Å². The minimum atomic E-state index is -0.483. The number of carbonyl (C=O) groups is 1. The van der Waals surface area contributed by atoms with Gasteiger partial charge in [0, 0.05) is 39.3 Å². The zero-order chi connectivity index (χ0) is 18.5. The Morgan fingerprint density at radius 1 is 1.31 bits per heavy atom. The number of oxazole rings is 1. The molecule has 3 rings (SSSR count). The molecule has 1 aliphatic heterocycles.